The van der Waals surface area contributed by atoms with Gasteiger partial charge in [-0.3, -0.25) is 4.90 Å². The van der Waals surface area contributed by atoms with Crippen molar-refractivity contribution < 1.29 is 13.5 Å². The summed E-state index contributed by atoms with van der Waals surface area (Å²) < 4.78 is 37.1. The quantitative estimate of drug-likeness (QED) is 0.288. The third kappa shape index (κ3) is 4.85. The van der Waals surface area contributed by atoms with Crippen LogP contribution in [0.25, 0.3) is 22.2 Å². The van der Waals surface area contributed by atoms with Crippen molar-refractivity contribution in [2.45, 2.75) is 84.3 Å². The van der Waals surface area contributed by atoms with E-state index in [1.165, 1.54) is 0 Å². The van der Waals surface area contributed by atoms with Crippen LogP contribution in [0.4, 0.5) is 20.4 Å². The topological polar surface area (TPSA) is 92.4 Å². The number of pyridine rings is 1. The van der Waals surface area contributed by atoms with Gasteiger partial charge in [-0.1, -0.05) is 13.8 Å². The number of ether oxygens (including phenoxy) is 1. The van der Waals surface area contributed by atoms with Crippen LogP contribution in [0.5, 0.6) is 6.01 Å². The Morgan fingerprint density at radius 1 is 1.18 bits per heavy atom. The van der Waals surface area contributed by atoms with Crippen molar-refractivity contribution in [1.82, 2.24) is 25.2 Å². The molecule has 4 atom stereocenters. The van der Waals surface area contributed by atoms with E-state index < -0.39 is 18.2 Å². The molecule has 0 radical (unpaired) electrons. The van der Waals surface area contributed by atoms with Gasteiger partial charge in [-0.15, -0.1) is 0 Å². The number of hydrogen-bond donors (Lipinski definition) is 2. The Labute approximate surface area is 234 Å². The number of hydrogen-bond acceptors (Lipinski definition) is 8. The number of rotatable bonds is 9. The molecule has 3 aromatic rings. The minimum atomic E-state index is -0.953. The molecule has 0 spiro atoms. The largest absolute Gasteiger partial charge is 0.444 e. The van der Waals surface area contributed by atoms with Crippen molar-refractivity contribution in [3.05, 3.63) is 34.6 Å². The van der Waals surface area contributed by atoms with E-state index >= 15 is 4.39 Å². The molecule has 214 valence electrons. The van der Waals surface area contributed by atoms with Crippen LogP contribution in [0.1, 0.15) is 63.1 Å². The average molecular weight is 552 g/mol. The van der Waals surface area contributed by atoms with Crippen molar-refractivity contribution in [3.63, 3.8) is 0 Å². The molecular formula is C30H39F2N7O. The van der Waals surface area contributed by atoms with Crippen LogP contribution in [0, 0.1) is 12.7 Å². The van der Waals surface area contributed by atoms with Gasteiger partial charge in [0.05, 0.1) is 5.69 Å². The highest BCUT2D eigenvalue weighted by Gasteiger charge is 2.35. The Bertz CT molecular complexity index is 1420. The number of nitrogen functional groups attached to an aromatic ring is 1. The molecule has 1 aromatic carbocycles. The first-order valence-corrected chi connectivity index (χ1v) is 14.6. The van der Waals surface area contributed by atoms with Crippen molar-refractivity contribution >= 4 is 22.5 Å². The Hall–Kier alpha value is -3.11. The zero-order valence-corrected chi connectivity index (χ0v) is 23.8. The number of alkyl halides is 1. The lowest BCUT2D eigenvalue weighted by atomic mass is 10.0. The van der Waals surface area contributed by atoms with Crippen LogP contribution in [0.2, 0.25) is 0 Å². The Morgan fingerprint density at radius 3 is 2.62 bits per heavy atom. The second-order valence-electron chi connectivity index (χ2n) is 11.6. The zero-order valence-electron chi connectivity index (χ0n) is 23.8. The van der Waals surface area contributed by atoms with E-state index in [4.69, 9.17) is 15.5 Å². The normalized spacial score (nSPS) is 21.1. The number of piperazine rings is 1. The molecule has 0 amide bonds. The fourth-order valence-electron chi connectivity index (χ4n) is 6.57. The highest BCUT2D eigenvalue weighted by atomic mass is 19.1. The maximum atomic E-state index is 16.5. The van der Waals surface area contributed by atoms with E-state index in [-0.39, 0.29) is 18.1 Å². The average Bonchev–Trinajstić information content (AvgIpc) is 3.47. The smallest absolute Gasteiger partial charge is 0.320 e. The number of nitrogens with one attached hydrogen (secondary N) is 1. The second kappa shape index (κ2) is 10.7. The fraction of sp³-hybridized carbons (Fsp3) is 0.567. The summed E-state index contributed by atoms with van der Waals surface area (Å²) >= 11 is 0. The first-order chi connectivity index (χ1) is 19.2. The van der Waals surface area contributed by atoms with Gasteiger partial charge in [0.1, 0.15) is 23.3 Å². The van der Waals surface area contributed by atoms with E-state index in [0.29, 0.717) is 59.7 Å². The number of fused-ring (bicyclic) bond motifs is 6. The maximum absolute atomic E-state index is 16.5. The van der Waals surface area contributed by atoms with Gasteiger partial charge in [0, 0.05) is 55.6 Å². The number of halogens is 2. The third-order valence-electron chi connectivity index (χ3n) is 8.64. The molecule has 1 aliphatic carbocycles. The number of nitrogens with zero attached hydrogens (tertiary/aromatic N) is 5. The van der Waals surface area contributed by atoms with Crippen LogP contribution in [0.3, 0.4) is 0 Å². The third-order valence-corrected chi connectivity index (χ3v) is 8.64. The molecule has 10 heteroatoms. The first kappa shape index (κ1) is 27.1. The van der Waals surface area contributed by atoms with Crippen LogP contribution in [-0.4, -0.2) is 70.5 Å². The predicted molar refractivity (Wildman–Crippen MR) is 154 cm³/mol. The van der Waals surface area contributed by atoms with Gasteiger partial charge in [-0.2, -0.15) is 9.97 Å². The number of nitrogens with two attached hydrogens (primary N) is 1. The number of aromatic nitrogens is 3. The van der Waals surface area contributed by atoms with Gasteiger partial charge in [0.25, 0.3) is 0 Å². The number of aryl methyl sites for hydroxylation is 1. The SMILES string of the molecule is CCCN(CC(F)CC)C(C)Oc1nc(N2CC3CCC(C2)N3)c2cc3c(c(F)c2n1)-c1nc(N)cc(C)c1C3. The van der Waals surface area contributed by atoms with Crippen molar-refractivity contribution in [1.29, 1.82) is 0 Å². The van der Waals surface area contributed by atoms with Gasteiger partial charge < -0.3 is 20.7 Å². The molecule has 2 aliphatic heterocycles. The lowest BCUT2D eigenvalue weighted by Gasteiger charge is -2.35. The molecule has 0 saturated carbocycles. The van der Waals surface area contributed by atoms with Crippen LogP contribution >= 0.6 is 0 Å². The summed E-state index contributed by atoms with van der Waals surface area (Å²) in [5.74, 6) is 0.630. The summed E-state index contributed by atoms with van der Waals surface area (Å²) in [7, 11) is 0. The standard InChI is InChI=1S/C30H39F2N7O/c1-5-9-38(13-19(31)6-2)17(4)40-30-36-28-23(29(37-30)39-14-20-7-8-21(15-39)34-20)12-18-11-22-16(3)10-24(33)35-27(22)25(18)26(28)32/h10,12,17,19-21,34H,5-9,11,13-15H2,1-4H3,(H2,33,35). The summed E-state index contributed by atoms with van der Waals surface area (Å²) in [6, 6.07) is 4.71. The fourth-order valence-corrected chi connectivity index (χ4v) is 6.57. The molecule has 4 unspecified atom stereocenters. The first-order valence-electron chi connectivity index (χ1n) is 14.6. The lowest BCUT2D eigenvalue weighted by molar-refractivity contribution is 0.0159. The van der Waals surface area contributed by atoms with Gasteiger partial charge in [-0.05, 0) is 68.4 Å². The Kier molecular flexibility index (Phi) is 7.25. The summed E-state index contributed by atoms with van der Waals surface area (Å²) in [6.45, 7) is 10.3. The van der Waals surface area contributed by atoms with Crippen LogP contribution in [0.15, 0.2) is 12.1 Å². The van der Waals surface area contributed by atoms with Gasteiger partial charge in [0.2, 0.25) is 0 Å². The highest BCUT2D eigenvalue weighted by Crippen LogP contribution is 2.44. The van der Waals surface area contributed by atoms with Gasteiger partial charge in [-0.25, -0.2) is 13.8 Å². The molecular weight excluding hydrogens is 512 g/mol. The molecule has 3 N–H and O–H groups in total. The van der Waals surface area contributed by atoms with Crippen LogP contribution in [-0.2, 0) is 6.42 Å². The van der Waals surface area contributed by atoms with Gasteiger partial charge in [0.15, 0.2) is 12.0 Å². The monoisotopic (exact) mass is 551 g/mol. The Balaban J connectivity index is 1.45. The molecule has 3 aliphatic rings. The van der Waals surface area contributed by atoms with E-state index in [1.807, 2.05) is 37.8 Å². The molecule has 2 bridgehead atoms. The van der Waals surface area contributed by atoms with E-state index in [9.17, 15) is 4.39 Å². The molecule has 2 aromatic heterocycles. The van der Waals surface area contributed by atoms with E-state index in [0.717, 1.165) is 49.0 Å². The van der Waals surface area contributed by atoms with Crippen molar-refractivity contribution in [2.24, 2.45) is 0 Å². The Morgan fingerprint density at radius 2 is 1.93 bits per heavy atom. The molecule has 2 fully saturated rings. The maximum Gasteiger partial charge on any atom is 0.320 e. The number of benzene rings is 1. The number of anilines is 2. The summed E-state index contributed by atoms with van der Waals surface area (Å²) in [5.41, 5.74) is 10.2. The van der Waals surface area contributed by atoms with E-state index in [1.54, 1.807) is 0 Å². The van der Waals surface area contributed by atoms with Crippen molar-refractivity contribution in [3.8, 4) is 17.3 Å². The molecule has 40 heavy (non-hydrogen) atoms. The zero-order chi connectivity index (χ0) is 28.1. The summed E-state index contributed by atoms with van der Waals surface area (Å²) in [5, 5.41) is 4.34. The van der Waals surface area contributed by atoms with Crippen LogP contribution < -0.4 is 20.7 Å². The molecule has 4 heterocycles. The van der Waals surface area contributed by atoms with E-state index in [2.05, 4.69) is 27.1 Å². The summed E-state index contributed by atoms with van der Waals surface area (Å²) in [4.78, 5) is 18.2. The lowest BCUT2D eigenvalue weighted by Crippen LogP contribution is -2.51. The minimum Gasteiger partial charge on any atom is -0.444 e. The van der Waals surface area contributed by atoms with Crippen molar-refractivity contribution in [2.75, 3.05) is 36.8 Å². The summed E-state index contributed by atoms with van der Waals surface area (Å²) in [6.07, 6.45) is 2.68. The molecule has 2 saturated heterocycles. The molecule has 8 nitrogen and oxygen atoms in total. The second-order valence-corrected chi connectivity index (χ2v) is 11.6. The highest BCUT2D eigenvalue weighted by molar-refractivity contribution is 5.96. The van der Waals surface area contributed by atoms with Gasteiger partial charge >= 0.3 is 6.01 Å². The predicted octanol–water partition coefficient (Wildman–Crippen LogP) is 4.75. The minimum absolute atomic E-state index is 0.0997. The molecule has 6 rings (SSSR count).